The van der Waals surface area contributed by atoms with Gasteiger partial charge in [-0.25, -0.2) is 0 Å². The quantitative estimate of drug-likeness (QED) is 0.773. The number of aryl methyl sites for hydroxylation is 1. The minimum atomic E-state index is 0. The molecule has 3 rings (SSSR count). The molecule has 2 nitrogen and oxygen atoms in total. The molecule has 0 fully saturated rings. The maximum atomic E-state index is 6.32. The van der Waals surface area contributed by atoms with Gasteiger partial charge in [0.2, 0.25) is 0 Å². The van der Waals surface area contributed by atoms with Crippen LogP contribution in [0, 0.1) is 0 Å². The first-order chi connectivity index (χ1) is 10.2. The first-order valence-corrected chi connectivity index (χ1v) is 7.70. The van der Waals surface area contributed by atoms with Gasteiger partial charge in [0.25, 0.3) is 0 Å². The zero-order valence-electron chi connectivity index (χ0n) is 13.2. The van der Waals surface area contributed by atoms with Crippen molar-refractivity contribution in [2.45, 2.75) is 31.4 Å². The van der Waals surface area contributed by atoms with Crippen LogP contribution >= 0.6 is 12.4 Å². The molecule has 2 atom stereocenters. The van der Waals surface area contributed by atoms with Gasteiger partial charge in [0, 0.05) is 12.5 Å². The fourth-order valence-electron chi connectivity index (χ4n) is 3.13. The van der Waals surface area contributed by atoms with Crippen molar-refractivity contribution in [1.82, 2.24) is 4.90 Å². The smallest absolute Gasteiger partial charge is 0.125 e. The summed E-state index contributed by atoms with van der Waals surface area (Å²) in [5.41, 5.74) is 2.79. The van der Waals surface area contributed by atoms with Gasteiger partial charge in [-0.05, 0) is 50.2 Å². The van der Waals surface area contributed by atoms with Crippen LogP contribution < -0.4 is 4.74 Å². The third-order valence-corrected chi connectivity index (χ3v) is 4.39. The monoisotopic (exact) mass is 317 g/mol. The lowest BCUT2D eigenvalue weighted by Gasteiger charge is -2.27. The fourth-order valence-corrected chi connectivity index (χ4v) is 3.13. The number of rotatable bonds is 3. The van der Waals surface area contributed by atoms with Crippen LogP contribution in [0.3, 0.4) is 0 Å². The van der Waals surface area contributed by atoms with Gasteiger partial charge in [-0.3, -0.25) is 0 Å². The molecular formula is C19H24ClNO. The van der Waals surface area contributed by atoms with Crippen LogP contribution in [-0.2, 0) is 6.42 Å². The zero-order chi connectivity index (χ0) is 14.7. The summed E-state index contributed by atoms with van der Waals surface area (Å²) in [4.78, 5) is 2.33. The predicted molar refractivity (Wildman–Crippen MR) is 93.9 cm³/mol. The minimum absolute atomic E-state index is 0. The van der Waals surface area contributed by atoms with E-state index in [9.17, 15) is 0 Å². The molecule has 0 saturated carbocycles. The van der Waals surface area contributed by atoms with Gasteiger partial charge in [-0.2, -0.15) is 0 Å². The number of ether oxygens (including phenoxy) is 1. The van der Waals surface area contributed by atoms with E-state index < -0.39 is 0 Å². The average Bonchev–Trinajstić information content (AvgIpc) is 2.69. The second-order valence-electron chi connectivity index (χ2n) is 6.01. The summed E-state index contributed by atoms with van der Waals surface area (Å²) in [5.74, 6) is 0.955. The molecule has 0 radical (unpaired) electrons. The highest BCUT2D eigenvalue weighted by atomic mass is 35.5. The van der Waals surface area contributed by atoms with E-state index in [2.05, 4.69) is 43.3 Å². The zero-order valence-corrected chi connectivity index (χ0v) is 14.1. The Bertz CT molecular complexity index is 585. The van der Waals surface area contributed by atoms with E-state index in [0.29, 0.717) is 6.04 Å². The Morgan fingerprint density at radius 1 is 0.955 bits per heavy atom. The molecule has 0 spiro atoms. The Kier molecular flexibility index (Phi) is 5.87. The minimum Gasteiger partial charge on any atom is -0.486 e. The number of hydrogen-bond donors (Lipinski definition) is 0. The second-order valence-corrected chi connectivity index (χ2v) is 6.01. The standard InChI is InChI=1S/C19H23NO.ClH/c1-20(2)16-13-12-15-8-6-7-11-18(15)19(14-16)21-17-9-4-3-5-10-17;/h3-11,16,19H,12-14H2,1-2H3;1H. The van der Waals surface area contributed by atoms with Crippen LogP contribution in [0.25, 0.3) is 0 Å². The summed E-state index contributed by atoms with van der Waals surface area (Å²) in [7, 11) is 4.33. The first-order valence-electron chi connectivity index (χ1n) is 7.70. The van der Waals surface area contributed by atoms with Crippen molar-refractivity contribution in [1.29, 1.82) is 0 Å². The van der Waals surface area contributed by atoms with E-state index in [1.807, 2.05) is 30.3 Å². The molecule has 2 aromatic rings. The second kappa shape index (κ2) is 7.66. The molecule has 22 heavy (non-hydrogen) atoms. The summed E-state index contributed by atoms with van der Waals surface area (Å²) >= 11 is 0. The number of para-hydroxylation sites is 1. The summed E-state index contributed by atoms with van der Waals surface area (Å²) in [5, 5.41) is 0. The molecule has 0 aliphatic heterocycles. The van der Waals surface area contributed by atoms with Crippen molar-refractivity contribution in [2.75, 3.05) is 14.1 Å². The molecule has 2 unspecified atom stereocenters. The van der Waals surface area contributed by atoms with E-state index in [-0.39, 0.29) is 18.5 Å². The third-order valence-electron chi connectivity index (χ3n) is 4.39. The highest BCUT2D eigenvalue weighted by Crippen LogP contribution is 2.33. The van der Waals surface area contributed by atoms with Crippen molar-refractivity contribution < 1.29 is 4.74 Å². The predicted octanol–water partition coefficient (Wildman–Crippen LogP) is 4.50. The lowest BCUT2D eigenvalue weighted by molar-refractivity contribution is 0.147. The maximum Gasteiger partial charge on any atom is 0.125 e. The molecular weight excluding hydrogens is 294 g/mol. The topological polar surface area (TPSA) is 12.5 Å². The highest BCUT2D eigenvalue weighted by Gasteiger charge is 2.26. The average molecular weight is 318 g/mol. The lowest BCUT2D eigenvalue weighted by Crippen LogP contribution is -2.30. The van der Waals surface area contributed by atoms with Crippen molar-refractivity contribution in [3.8, 4) is 5.75 Å². The van der Waals surface area contributed by atoms with Crippen LogP contribution in [0.2, 0.25) is 0 Å². The molecule has 0 saturated heterocycles. The van der Waals surface area contributed by atoms with Gasteiger partial charge < -0.3 is 9.64 Å². The highest BCUT2D eigenvalue weighted by molar-refractivity contribution is 5.85. The molecule has 3 heteroatoms. The van der Waals surface area contributed by atoms with Gasteiger partial charge in [-0.15, -0.1) is 12.4 Å². The summed E-state index contributed by atoms with van der Waals surface area (Å²) in [6, 6.07) is 19.4. The van der Waals surface area contributed by atoms with E-state index >= 15 is 0 Å². The molecule has 118 valence electrons. The van der Waals surface area contributed by atoms with E-state index in [1.54, 1.807) is 0 Å². The summed E-state index contributed by atoms with van der Waals surface area (Å²) in [6.07, 6.45) is 3.50. The number of hydrogen-bond acceptors (Lipinski definition) is 2. The fraction of sp³-hybridized carbons (Fsp3) is 0.368. The molecule has 0 bridgehead atoms. The van der Waals surface area contributed by atoms with Crippen molar-refractivity contribution in [3.63, 3.8) is 0 Å². The van der Waals surface area contributed by atoms with Crippen LogP contribution in [-0.4, -0.2) is 25.0 Å². The molecule has 0 aromatic heterocycles. The molecule has 0 N–H and O–H groups in total. The van der Waals surface area contributed by atoms with Crippen LogP contribution in [0.15, 0.2) is 54.6 Å². The SMILES string of the molecule is CN(C)C1CCc2ccccc2C(Oc2ccccc2)C1.Cl. The van der Waals surface area contributed by atoms with Crippen molar-refractivity contribution >= 4 is 12.4 Å². The third kappa shape index (κ3) is 3.82. The molecule has 0 heterocycles. The normalized spacial score (nSPS) is 20.7. The van der Waals surface area contributed by atoms with Crippen molar-refractivity contribution in [3.05, 3.63) is 65.7 Å². The van der Waals surface area contributed by atoms with Crippen LogP contribution in [0.1, 0.15) is 30.1 Å². The van der Waals surface area contributed by atoms with Crippen LogP contribution in [0.4, 0.5) is 0 Å². The summed E-state index contributed by atoms with van der Waals surface area (Å²) in [6.45, 7) is 0. The molecule has 1 aliphatic carbocycles. The molecule has 2 aromatic carbocycles. The van der Waals surface area contributed by atoms with E-state index in [0.717, 1.165) is 18.6 Å². The lowest BCUT2D eigenvalue weighted by atomic mass is 10.0. The first kappa shape index (κ1) is 16.9. The van der Waals surface area contributed by atoms with E-state index in [4.69, 9.17) is 4.74 Å². The Hall–Kier alpha value is -1.51. The summed E-state index contributed by atoms with van der Waals surface area (Å²) < 4.78 is 6.32. The Morgan fingerprint density at radius 3 is 2.36 bits per heavy atom. The maximum absolute atomic E-state index is 6.32. The number of halogens is 1. The Balaban J connectivity index is 0.00000176. The largest absolute Gasteiger partial charge is 0.486 e. The van der Waals surface area contributed by atoms with Gasteiger partial charge in [0.1, 0.15) is 11.9 Å². The Labute approximate surface area is 139 Å². The van der Waals surface area contributed by atoms with Gasteiger partial charge in [-0.1, -0.05) is 42.5 Å². The van der Waals surface area contributed by atoms with Crippen molar-refractivity contribution in [2.24, 2.45) is 0 Å². The van der Waals surface area contributed by atoms with Gasteiger partial charge in [0.15, 0.2) is 0 Å². The number of fused-ring (bicyclic) bond motifs is 1. The van der Waals surface area contributed by atoms with Gasteiger partial charge >= 0.3 is 0 Å². The van der Waals surface area contributed by atoms with Gasteiger partial charge in [0.05, 0.1) is 0 Å². The van der Waals surface area contributed by atoms with E-state index in [1.165, 1.54) is 17.5 Å². The number of benzene rings is 2. The molecule has 1 aliphatic rings. The van der Waals surface area contributed by atoms with Crippen LogP contribution in [0.5, 0.6) is 5.75 Å². The molecule has 0 amide bonds. The number of nitrogens with zero attached hydrogens (tertiary/aromatic N) is 1. The Morgan fingerprint density at radius 2 is 1.64 bits per heavy atom.